The zero-order valence-corrected chi connectivity index (χ0v) is 13.7. The van der Waals surface area contributed by atoms with Crippen LogP contribution in [0, 0.1) is 5.92 Å². The summed E-state index contributed by atoms with van der Waals surface area (Å²) in [6.07, 6.45) is 1.50. The second kappa shape index (κ2) is 7.43. The van der Waals surface area contributed by atoms with Gasteiger partial charge in [0, 0.05) is 9.85 Å². The summed E-state index contributed by atoms with van der Waals surface area (Å²) in [5.74, 6) is -0.186. The fourth-order valence-corrected chi connectivity index (χ4v) is 3.44. The highest BCUT2D eigenvalue weighted by Gasteiger charge is 2.37. The summed E-state index contributed by atoms with van der Waals surface area (Å²) in [5.41, 5.74) is 1.04. The molecule has 0 N–H and O–H groups in total. The van der Waals surface area contributed by atoms with Crippen molar-refractivity contribution >= 4 is 33.5 Å². The Hall–Kier alpha value is -0.580. The van der Waals surface area contributed by atoms with E-state index in [0.29, 0.717) is 24.7 Å². The van der Waals surface area contributed by atoms with Crippen molar-refractivity contribution in [2.45, 2.75) is 37.3 Å². The molecule has 0 amide bonds. The van der Waals surface area contributed by atoms with Crippen molar-refractivity contribution in [2.75, 3.05) is 6.61 Å². The van der Waals surface area contributed by atoms with Crippen LogP contribution in [0.1, 0.15) is 25.3 Å². The van der Waals surface area contributed by atoms with E-state index in [1.165, 1.54) is 0 Å². The number of carbonyl (C=O) groups is 1. The molecule has 0 aliphatic heterocycles. The molecule has 0 radical (unpaired) electrons. The number of hydrogen-bond donors (Lipinski definition) is 0. The molecule has 110 valence electrons. The smallest absolute Gasteiger partial charge is 0.309 e. The molecule has 0 aromatic heterocycles. The summed E-state index contributed by atoms with van der Waals surface area (Å²) in [7, 11) is 0. The van der Waals surface area contributed by atoms with Crippen LogP contribution in [0.25, 0.3) is 0 Å². The Labute approximate surface area is 132 Å². The average molecular weight is 362 g/mol. The number of esters is 1. The summed E-state index contributed by atoms with van der Waals surface area (Å²) < 4.78 is 11.0. The Bertz CT molecular complexity index is 466. The van der Waals surface area contributed by atoms with Gasteiger partial charge in [0.15, 0.2) is 0 Å². The molecular formula is C15H18BrClO3. The van der Waals surface area contributed by atoms with E-state index in [1.807, 2.05) is 31.2 Å². The lowest BCUT2D eigenvalue weighted by atomic mass is 10.1. The Morgan fingerprint density at radius 3 is 2.95 bits per heavy atom. The SMILES string of the molecule is CCOC(=O)C1CC(Br)C(OCc2cccc(Cl)c2)C1. The predicted molar refractivity (Wildman–Crippen MR) is 82.1 cm³/mol. The van der Waals surface area contributed by atoms with Gasteiger partial charge in [-0.2, -0.15) is 0 Å². The first-order valence-electron chi connectivity index (χ1n) is 6.77. The van der Waals surface area contributed by atoms with Gasteiger partial charge in [-0.1, -0.05) is 39.7 Å². The van der Waals surface area contributed by atoms with Crippen LogP contribution in [-0.2, 0) is 20.9 Å². The normalized spacial score (nSPS) is 25.6. The molecule has 0 saturated heterocycles. The first-order valence-corrected chi connectivity index (χ1v) is 8.06. The van der Waals surface area contributed by atoms with Gasteiger partial charge in [-0.25, -0.2) is 0 Å². The van der Waals surface area contributed by atoms with E-state index in [0.717, 1.165) is 12.0 Å². The van der Waals surface area contributed by atoms with Crippen LogP contribution in [-0.4, -0.2) is 23.5 Å². The fourth-order valence-electron chi connectivity index (χ4n) is 2.40. The van der Waals surface area contributed by atoms with E-state index in [4.69, 9.17) is 21.1 Å². The van der Waals surface area contributed by atoms with Crippen LogP contribution >= 0.6 is 27.5 Å². The van der Waals surface area contributed by atoms with Crippen molar-refractivity contribution in [3.63, 3.8) is 0 Å². The van der Waals surface area contributed by atoms with Gasteiger partial charge in [-0.3, -0.25) is 4.79 Å². The van der Waals surface area contributed by atoms with Gasteiger partial charge < -0.3 is 9.47 Å². The quantitative estimate of drug-likeness (QED) is 0.588. The minimum absolute atomic E-state index is 0.0309. The van der Waals surface area contributed by atoms with Gasteiger partial charge in [0.05, 0.1) is 25.2 Å². The number of carbonyl (C=O) groups excluding carboxylic acids is 1. The third-order valence-corrected chi connectivity index (χ3v) is 4.60. The number of halogens is 2. The molecule has 1 aliphatic carbocycles. The highest BCUT2D eigenvalue weighted by atomic mass is 79.9. The van der Waals surface area contributed by atoms with Gasteiger partial charge in [0.1, 0.15) is 0 Å². The largest absolute Gasteiger partial charge is 0.466 e. The average Bonchev–Trinajstić information content (AvgIpc) is 2.78. The molecule has 1 aromatic carbocycles. The second-order valence-corrected chi connectivity index (χ2v) is 6.53. The van der Waals surface area contributed by atoms with Gasteiger partial charge in [0.25, 0.3) is 0 Å². The summed E-state index contributed by atoms with van der Waals surface area (Å²) >= 11 is 9.54. The maximum Gasteiger partial charge on any atom is 0.309 e. The first-order chi connectivity index (χ1) is 9.60. The van der Waals surface area contributed by atoms with Gasteiger partial charge in [-0.15, -0.1) is 0 Å². The Morgan fingerprint density at radius 1 is 1.45 bits per heavy atom. The minimum atomic E-state index is -0.120. The summed E-state index contributed by atoms with van der Waals surface area (Å²) in [6.45, 7) is 2.75. The molecule has 2 rings (SSSR count). The highest BCUT2D eigenvalue weighted by molar-refractivity contribution is 9.09. The number of alkyl halides is 1. The van der Waals surface area contributed by atoms with Crippen LogP contribution in [0.5, 0.6) is 0 Å². The summed E-state index contributed by atoms with van der Waals surface area (Å²) in [5, 5.41) is 0.706. The van der Waals surface area contributed by atoms with Crippen molar-refractivity contribution < 1.29 is 14.3 Å². The summed E-state index contributed by atoms with van der Waals surface area (Å²) in [6, 6.07) is 7.61. The van der Waals surface area contributed by atoms with Crippen LogP contribution < -0.4 is 0 Å². The van der Waals surface area contributed by atoms with Crippen LogP contribution in [0.2, 0.25) is 5.02 Å². The molecule has 0 heterocycles. The standard InChI is InChI=1S/C15H18BrClO3/c1-2-19-15(18)11-7-13(16)14(8-11)20-9-10-4-3-5-12(17)6-10/h3-6,11,13-14H,2,7-9H2,1H3. The fraction of sp³-hybridized carbons (Fsp3) is 0.533. The van der Waals surface area contributed by atoms with Crippen molar-refractivity contribution in [2.24, 2.45) is 5.92 Å². The van der Waals surface area contributed by atoms with Gasteiger partial charge in [0.2, 0.25) is 0 Å². The van der Waals surface area contributed by atoms with E-state index in [-0.39, 0.29) is 22.8 Å². The first kappa shape index (κ1) is 15.8. The lowest BCUT2D eigenvalue weighted by Crippen LogP contribution is -2.18. The Kier molecular flexibility index (Phi) is 5.87. The number of benzene rings is 1. The lowest BCUT2D eigenvalue weighted by Gasteiger charge is -2.15. The molecule has 1 saturated carbocycles. The van der Waals surface area contributed by atoms with Crippen LogP contribution in [0.4, 0.5) is 0 Å². The molecule has 1 fully saturated rings. The zero-order chi connectivity index (χ0) is 14.5. The highest BCUT2D eigenvalue weighted by Crippen LogP contribution is 2.34. The molecule has 1 aromatic rings. The predicted octanol–water partition coefficient (Wildman–Crippen LogP) is 3.96. The maximum atomic E-state index is 11.7. The van der Waals surface area contributed by atoms with E-state index in [1.54, 1.807) is 0 Å². The van der Waals surface area contributed by atoms with Crippen molar-refractivity contribution in [3.05, 3.63) is 34.9 Å². The van der Waals surface area contributed by atoms with Gasteiger partial charge >= 0.3 is 5.97 Å². The number of hydrogen-bond acceptors (Lipinski definition) is 3. The topological polar surface area (TPSA) is 35.5 Å². The molecule has 3 atom stereocenters. The maximum absolute atomic E-state index is 11.7. The third-order valence-electron chi connectivity index (χ3n) is 3.40. The van der Waals surface area contributed by atoms with Crippen molar-refractivity contribution in [1.29, 1.82) is 0 Å². The molecule has 1 aliphatic rings. The minimum Gasteiger partial charge on any atom is -0.466 e. The molecule has 3 unspecified atom stereocenters. The Balaban J connectivity index is 1.86. The van der Waals surface area contributed by atoms with Gasteiger partial charge in [-0.05, 0) is 37.5 Å². The zero-order valence-electron chi connectivity index (χ0n) is 11.4. The van der Waals surface area contributed by atoms with Crippen molar-refractivity contribution in [3.8, 4) is 0 Å². The Morgan fingerprint density at radius 2 is 2.25 bits per heavy atom. The lowest BCUT2D eigenvalue weighted by molar-refractivity contribution is -0.148. The molecular weight excluding hydrogens is 344 g/mol. The molecule has 0 bridgehead atoms. The summed E-state index contributed by atoms with van der Waals surface area (Å²) in [4.78, 5) is 11.9. The molecule has 3 nitrogen and oxygen atoms in total. The number of rotatable bonds is 5. The molecule has 0 spiro atoms. The van der Waals surface area contributed by atoms with E-state index in [2.05, 4.69) is 15.9 Å². The van der Waals surface area contributed by atoms with Crippen molar-refractivity contribution in [1.82, 2.24) is 0 Å². The van der Waals surface area contributed by atoms with Crippen LogP contribution in [0.3, 0.4) is 0 Å². The van der Waals surface area contributed by atoms with E-state index < -0.39 is 0 Å². The molecule has 20 heavy (non-hydrogen) atoms. The second-order valence-electron chi connectivity index (χ2n) is 4.92. The number of ether oxygens (including phenoxy) is 2. The van der Waals surface area contributed by atoms with E-state index >= 15 is 0 Å². The van der Waals surface area contributed by atoms with Crippen LogP contribution in [0.15, 0.2) is 24.3 Å². The third kappa shape index (κ3) is 4.21. The monoisotopic (exact) mass is 360 g/mol. The van der Waals surface area contributed by atoms with E-state index in [9.17, 15) is 4.79 Å². The molecule has 5 heteroatoms.